The van der Waals surface area contributed by atoms with Crippen molar-refractivity contribution in [1.29, 1.82) is 0 Å². The number of nitrogens with one attached hydrogen (secondary N) is 2. The van der Waals surface area contributed by atoms with Gasteiger partial charge in [-0.3, -0.25) is 0 Å². The third-order valence-electron chi connectivity index (χ3n) is 3.05. The Bertz CT molecular complexity index is 162. The van der Waals surface area contributed by atoms with Crippen LogP contribution in [0.15, 0.2) is 0 Å². The maximum Gasteiger partial charge on any atom is 0.0591 e. The average molecular weight is 244 g/mol. The molecule has 2 N–H and O–H groups in total. The molecule has 1 aliphatic heterocycles. The zero-order chi connectivity index (χ0) is 12.3. The number of ether oxygens (including phenoxy) is 1. The van der Waals surface area contributed by atoms with Crippen LogP contribution in [0.25, 0.3) is 0 Å². The zero-order valence-corrected chi connectivity index (χ0v) is 11.4. The maximum absolute atomic E-state index is 5.51. The molecule has 1 heterocycles. The third-order valence-corrected chi connectivity index (χ3v) is 3.05. The van der Waals surface area contributed by atoms with Crippen LogP contribution >= 0.6 is 0 Å². The second-order valence-corrected chi connectivity index (χ2v) is 4.72. The molecule has 5 heteroatoms. The Morgan fingerprint density at radius 1 is 0.706 bits per heavy atom. The molecule has 102 valence electrons. The van der Waals surface area contributed by atoms with Gasteiger partial charge in [-0.25, -0.2) is 0 Å². The average Bonchev–Trinajstić information content (AvgIpc) is 2.33. The quantitative estimate of drug-likeness (QED) is 0.575. The lowest BCUT2D eigenvalue weighted by Gasteiger charge is -2.22. The van der Waals surface area contributed by atoms with Crippen molar-refractivity contribution in [2.75, 3.05) is 79.7 Å². The summed E-state index contributed by atoms with van der Waals surface area (Å²) in [6, 6.07) is 0. The number of nitrogens with zero attached hydrogens (tertiary/aromatic N) is 2. The molecule has 0 aliphatic carbocycles. The maximum atomic E-state index is 5.51. The summed E-state index contributed by atoms with van der Waals surface area (Å²) in [7, 11) is 4.37. The molecule has 1 rings (SSSR count). The minimum absolute atomic E-state index is 0.811. The molecule has 0 radical (unpaired) electrons. The van der Waals surface area contributed by atoms with E-state index in [9.17, 15) is 0 Å². The minimum Gasteiger partial charge on any atom is -0.379 e. The highest BCUT2D eigenvalue weighted by Crippen LogP contribution is 1.86. The Morgan fingerprint density at radius 3 is 1.65 bits per heavy atom. The van der Waals surface area contributed by atoms with Crippen LogP contribution in [-0.2, 0) is 4.74 Å². The van der Waals surface area contributed by atoms with Crippen LogP contribution < -0.4 is 10.6 Å². The van der Waals surface area contributed by atoms with Crippen molar-refractivity contribution in [3.63, 3.8) is 0 Å². The predicted octanol–water partition coefficient (Wildman–Crippen LogP) is -0.941. The van der Waals surface area contributed by atoms with Gasteiger partial charge in [-0.1, -0.05) is 0 Å². The molecule has 0 aromatic rings. The van der Waals surface area contributed by atoms with Crippen LogP contribution in [0.3, 0.4) is 0 Å². The monoisotopic (exact) mass is 244 g/mol. The molecule has 0 bridgehead atoms. The molecule has 1 fully saturated rings. The second-order valence-electron chi connectivity index (χ2n) is 4.72. The summed E-state index contributed by atoms with van der Waals surface area (Å²) in [6.45, 7) is 10.1. The Kier molecular flexibility index (Phi) is 8.56. The molecule has 0 saturated carbocycles. The lowest BCUT2D eigenvalue weighted by molar-refractivity contribution is 0.137. The highest BCUT2D eigenvalue weighted by Gasteiger charge is 2.02. The number of rotatable bonds is 0. The van der Waals surface area contributed by atoms with E-state index in [2.05, 4.69) is 34.5 Å². The van der Waals surface area contributed by atoms with Crippen LogP contribution in [0, 0.1) is 0 Å². The van der Waals surface area contributed by atoms with Gasteiger partial charge in [-0.05, 0) is 14.1 Å². The molecular weight excluding hydrogens is 216 g/mol. The fourth-order valence-corrected chi connectivity index (χ4v) is 1.75. The van der Waals surface area contributed by atoms with Crippen LogP contribution in [0.4, 0.5) is 0 Å². The molecule has 1 aliphatic rings. The molecule has 5 nitrogen and oxygen atoms in total. The third kappa shape index (κ3) is 8.51. The second kappa shape index (κ2) is 9.79. The van der Waals surface area contributed by atoms with Gasteiger partial charge in [0, 0.05) is 52.4 Å². The van der Waals surface area contributed by atoms with E-state index in [0.29, 0.717) is 0 Å². The van der Waals surface area contributed by atoms with Gasteiger partial charge < -0.3 is 25.2 Å². The van der Waals surface area contributed by atoms with Crippen molar-refractivity contribution in [3.05, 3.63) is 0 Å². The van der Waals surface area contributed by atoms with E-state index in [1.807, 2.05) is 0 Å². The van der Waals surface area contributed by atoms with E-state index in [1.54, 1.807) is 0 Å². The highest BCUT2D eigenvalue weighted by molar-refractivity contribution is 4.61. The van der Waals surface area contributed by atoms with Crippen molar-refractivity contribution in [2.45, 2.75) is 0 Å². The summed E-state index contributed by atoms with van der Waals surface area (Å²) in [5.41, 5.74) is 0. The van der Waals surface area contributed by atoms with Crippen LogP contribution in [-0.4, -0.2) is 89.5 Å². The molecular formula is C12H28N4O. The van der Waals surface area contributed by atoms with E-state index in [4.69, 9.17) is 4.74 Å². The van der Waals surface area contributed by atoms with E-state index >= 15 is 0 Å². The van der Waals surface area contributed by atoms with Gasteiger partial charge in [0.1, 0.15) is 0 Å². The smallest absolute Gasteiger partial charge is 0.0591 e. The van der Waals surface area contributed by atoms with Crippen molar-refractivity contribution >= 4 is 0 Å². The molecule has 0 aromatic carbocycles. The van der Waals surface area contributed by atoms with E-state index < -0.39 is 0 Å². The lowest BCUT2D eigenvalue weighted by atomic mass is 10.4. The zero-order valence-electron chi connectivity index (χ0n) is 11.4. The summed E-state index contributed by atoms with van der Waals surface area (Å²) in [5.74, 6) is 0. The van der Waals surface area contributed by atoms with Gasteiger partial charge in [-0.15, -0.1) is 0 Å². The first-order chi connectivity index (χ1) is 8.29. The first-order valence-corrected chi connectivity index (χ1v) is 6.65. The Balaban J connectivity index is 2.20. The Labute approximate surface area is 105 Å². The summed E-state index contributed by atoms with van der Waals surface area (Å²) in [6.07, 6.45) is 0. The van der Waals surface area contributed by atoms with Crippen LogP contribution in [0.2, 0.25) is 0 Å². The lowest BCUT2D eigenvalue weighted by Crippen LogP contribution is -2.37. The molecule has 0 spiro atoms. The SMILES string of the molecule is CN1CCNCCOCCNCCN(C)CC1. The minimum atomic E-state index is 0.811. The Hall–Kier alpha value is -0.200. The van der Waals surface area contributed by atoms with Gasteiger partial charge in [0.05, 0.1) is 13.2 Å². The molecule has 17 heavy (non-hydrogen) atoms. The summed E-state index contributed by atoms with van der Waals surface area (Å²) in [5, 5.41) is 6.79. The first kappa shape index (κ1) is 14.9. The van der Waals surface area contributed by atoms with Gasteiger partial charge in [0.25, 0.3) is 0 Å². The Morgan fingerprint density at radius 2 is 1.18 bits per heavy atom. The highest BCUT2D eigenvalue weighted by atomic mass is 16.5. The molecule has 0 unspecified atom stereocenters. The van der Waals surface area contributed by atoms with E-state index in [-0.39, 0.29) is 0 Å². The van der Waals surface area contributed by atoms with Crippen LogP contribution in [0.1, 0.15) is 0 Å². The van der Waals surface area contributed by atoms with Gasteiger partial charge in [0.2, 0.25) is 0 Å². The topological polar surface area (TPSA) is 39.8 Å². The number of hydrogen-bond donors (Lipinski definition) is 2. The molecule has 0 amide bonds. The van der Waals surface area contributed by atoms with Gasteiger partial charge in [0.15, 0.2) is 0 Å². The number of hydrogen-bond acceptors (Lipinski definition) is 5. The number of likely N-dealkylation sites (N-methyl/N-ethyl adjacent to an activating group) is 2. The fraction of sp³-hybridized carbons (Fsp3) is 1.00. The van der Waals surface area contributed by atoms with Gasteiger partial charge >= 0.3 is 0 Å². The first-order valence-electron chi connectivity index (χ1n) is 6.65. The largest absolute Gasteiger partial charge is 0.379 e. The fourth-order valence-electron chi connectivity index (χ4n) is 1.75. The summed E-state index contributed by atoms with van der Waals surface area (Å²) >= 11 is 0. The molecule has 0 atom stereocenters. The summed E-state index contributed by atoms with van der Waals surface area (Å²) < 4.78 is 5.51. The summed E-state index contributed by atoms with van der Waals surface area (Å²) in [4.78, 5) is 4.74. The van der Waals surface area contributed by atoms with Crippen LogP contribution in [0.5, 0.6) is 0 Å². The van der Waals surface area contributed by atoms with Crippen molar-refractivity contribution < 1.29 is 4.74 Å². The predicted molar refractivity (Wildman–Crippen MR) is 71.6 cm³/mol. The van der Waals surface area contributed by atoms with E-state index in [1.165, 1.54) is 0 Å². The van der Waals surface area contributed by atoms with Crippen molar-refractivity contribution in [1.82, 2.24) is 20.4 Å². The standard InChI is InChI=1S/C12H28N4O/c1-15-7-3-13-5-11-17-12-6-14-4-8-16(2)10-9-15/h13-14H,3-12H2,1-2H3. The van der Waals surface area contributed by atoms with Crippen molar-refractivity contribution in [3.8, 4) is 0 Å². The normalized spacial score (nSPS) is 25.1. The van der Waals surface area contributed by atoms with E-state index in [0.717, 1.165) is 65.6 Å². The van der Waals surface area contributed by atoms with Crippen molar-refractivity contribution in [2.24, 2.45) is 0 Å². The van der Waals surface area contributed by atoms with Gasteiger partial charge in [-0.2, -0.15) is 0 Å². The molecule has 0 aromatic heterocycles. The molecule has 1 saturated heterocycles.